The second-order valence-electron chi connectivity index (χ2n) is 13.5. The van der Waals surface area contributed by atoms with Crippen molar-refractivity contribution in [1.82, 2.24) is 15.5 Å². The van der Waals surface area contributed by atoms with Crippen LogP contribution < -0.4 is 16.4 Å². The number of nitrogens with one attached hydrogen (secondary N) is 2. The van der Waals surface area contributed by atoms with E-state index >= 15 is 0 Å². The second kappa shape index (κ2) is 15.1. The van der Waals surface area contributed by atoms with Gasteiger partial charge in [-0.05, 0) is 84.1 Å². The molecule has 1 fully saturated rings. The second-order valence-corrected chi connectivity index (χ2v) is 13.5. The van der Waals surface area contributed by atoms with Gasteiger partial charge in [-0.3, -0.25) is 14.4 Å². The average Bonchev–Trinajstić information content (AvgIpc) is 2.89. The fourth-order valence-corrected chi connectivity index (χ4v) is 5.01. The molecule has 0 aromatic heterocycles. The third kappa shape index (κ3) is 10.8. The Kier molecular flexibility index (Phi) is 11.8. The first kappa shape index (κ1) is 35.9. The van der Waals surface area contributed by atoms with Gasteiger partial charge in [0.15, 0.2) is 0 Å². The van der Waals surface area contributed by atoms with Crippen LogP contribution >= 0.6 is 0 Å². The van der Waals surface area contributed by atoms with Gasteiger partial charge in [-0.15, -0.1) is 0 Å². The molecular formula is C34H46N4O8. The quantitative estimate of drug-likeness (QED) is 0.255. The number of nitrogens with two attached hydrogens (primary N) is 1. The molecule has 12 heteroatoms. The fraction of sp³-hybridized carbons (Fsp3) is 0.500. The number of carbonyl (C=O) groups excluding carboxylic acids is 5. The van der Waals surface area contributed by atoms with Crippen LogP contribution in [0.15, 0.2) is 54.6 Å². The molecule has 0 aliphatic heterocycles. The molecular weight excluding hydrogens is 592 g/mol. The Balaban J connectivity index is 2.06. The van der Waals surface area contributed by atoms with Crippen LogP contribution in [0.5, 0.6) is 5.75 Å². The van der Waals surface area contributed by atoms with Crippen molar-refractivity contribution in [2.75, 3.05) is 0 Å². The molecule has 3 unspecified atom stereocenters. The third-order valence-corrected chi connectivity index (χ3v) is 7.12. The number of esters is 1. The lowest BCUT2D eigenvalue weighted by molar-refractivity contribution is -0.159. The molecule has 0 radical (unpaired) electrons. The first-order chi connectivity index (χ1) is 21.4. The van der Waals surface area contributed by atoms with Crippen molar-refractivity contribution in [2.24, 2.45) is 5.73 Å². The van der Waals surface area contributed by atoms with Gasteiger partial charge in [0, 0.05) is 12.5 Å². The lowest BCUT2D eigenvalue weighted by Crippen LogP contribution is -2.59. The molecule has 1 aliphatic carbocycles. The number of primary amides is 1. The number of rotatable bonds is 12. The number of hydrogen-bond donors (Lipinski definition) is 4. The molecule has 2 aromatic rings. The van der Waals surface area contributed by atoms with E-state index in [0.717, 1.165) is 12.0 Å². The number of aromatic hydroxyl groups is 1. The van der Waals surface area contributed by atoms with Crippen LogP contribution in [-0.4, -0.2) is 69.1 Å². The van der Waals surface area contributed by atoms with Crippen molar-refractivity contribution >= 4 is 29.8 Å². The molecule has 250 valence electrons. The number of alkyl carbamates (subject to hydrolysis) is 1. The summed E-state index contributed by atoms with van der Waals surface area (Å²) >= 11 is 0. The predicted octanol–water partition coefficient (Wildman–Crippen LogP) is 3.65. The lowest BCUT2D eigenvalue weighted by Gasteiger charge is -2.43. The van der Waals surface area contributed by atoms with E-state index in [0.29, 0.717) is 12.8 Å². The Morgan fingerprint density at radius 1 is 0.891 bits per heavy atom. The van der Waals surface area contributed by atoms with Crippen LogP contribution in [0.2, 0.25) is 0 Å². The number of carbonyl (C=O) groups is 5. The minimum absolute atomic E-state index is 0.107. The van der Waals surface area contributed by atoms with E-state index in [2.05, 4.69) is 10.6 Å². The monoisotopic (exact) mass is 638 g/mol. The highest BCUT2D eigenvalue weighted by Crippen LogP contribution is 2.35. The molecule has 0 heterocycles. The number of hydrogen-bond acceptors (Lipinski definition) is 8. The van der Waals surface area contributed by atoms with Crippen LogP contribution in [0.4, 0.5) is 4.79 Å². The normalized spacial score (nSPS) is 15.3. The van der Waals surface area contributed by atoms with E-state index in [-0.39, 0.29) is 17.7 Å². The van der Waals surface area contributed by atoms with Crippen molar-refractivity contribution < 1.29 is 38.6 Å². The van der Waals surface area contributed by atoms with Gasteiger partial charge in [0.1, 0.15) is 35.1 Å². The Hall–Kier alpha value is -4.61. The fourth-order valence-electron chi connectivity index (χ4n) is 5.01. The van der Waals surface area contributed by atoms with Crippen molar-refractivity contribution in [3.05, 3.63) is 65.7 Å². The number of amides is 4. The molecule has 46 heavy (non-hydrogen) atoms. The molecule has 0 spiro atoms. The predicted molar refractivity (Wildman–Crippen MR) is 170 cm³/mol. The van der Waals surface area contributed by atoms with E-state index in [4.69, 9.17) is 15.2 Å². The minimum Gasteiger partial charge on any atom is -0.508 e. The van der Waals surface area contributed by atoms with E-state index < -0.39 is 71.6 Å². The van der Waals surface area contributed by atoms with E-state index in [1.807, 2.05) is 30.3 Å². The number of phenolic OH excluding ortho intramolecular Hbond substituents is 1. The summed E-state index contributed by atoms with van der Waals surface area (Å²) < 4.78 is 11.0. The summed E-state index contributed by atoms with van der Waals surface area (Å²) in [7, 11) is 0. The summed E-state index contributed by atoms with van der Waals surface area (Å²) in [4.78, 5) is 68.2. The first-order valence-electron chi connectivity index (χ1n) is 15.4. The summed E-state index contributed by atoms with van der Waals surface area (Å²) in [6.45, 7) is 10.1. The standard InChI is InChI=1S/C34H46N4O8/c1-33(2,3)45-31(43)26(18-21-12-8-7-9-13-21)36-29(41)28(22-14-10-17-24(39)19-22)38(23-15-11-16-23)30(42)25(20-27(35)40)37-32(44)46-34(4,5)6/h7-10,12-14,17,19,23,25-26,28,39H,11,15-16,18,20H2,1-6H3,(H2,35,40)(H,36,41)(H,37,44). The molecule has 3 rings (SSSR count). The van der Waals surface area contributed by atoms with Crippen LogP contribution in [0.25, 0.3) is 0 Å². The van der Waals surface area contributed by atoms with Gasteiger partial charge >= 0.3 is 12.1 Å². The van der Waals surface area contributed by atoms with Crippen LogP contribution in [0.3, 0.4) is 0 Å². The maximum atomic E-state index is 14.4. The summed E-state index contributed by atoms with van der Waals surface area (Å²) in [5.41, 5.74) is 4.77. The molecule has 1 saturated carbocycles. The van der Waals surface area contributed by atoms with E-state index in [1.54, 1.807) is 47.6 Å². The zero-order valence-corrected chi connectivity index (χ0v) is 27.4. The number of ether oxygens (including phenoxy) is 2. The lowest BCUT2D eigenvalue weighted by atomic mass is 9.87. The average molecular weight is 639 g/mol. The smallest absolute Gasteiger partial charge is 0.408 e. The van der Waals surface area contributed by atoms with Crippen LogP contribution in [0, 0.1) is 0 Å². The molecule has 0 bridgehead atoms. The minimum atomic E-state index is -1.45. The highest BCUT2D eigenvalue weighted by Gasteiger charge is 2.43. The maximum Gasteiger partial charge on any atom is 0.408 e. The van der Waals surface area contributed by atoms with Crippen LogP contribution in [-0.2, 0) is 35.1 Å². The van der Waals surface area contributed by atoms with Crippen molar-refractivity contribution in [1.29, 1.82) is 0 Å². The number of benzene rings is 2. The third-order valence-electron chi connectivity index (χ3n) is 7.12. The Bertz CT molecular complexity index is 1400. The first-order valence-corrected chi connectivity index (χ1v) is 15.4. The Morgan fingerprint density at radius 3 is 2.04 bits per heavy atom. The summed E-state index contributed by atoms with van der Waals surface area (Å²) in [6.07, 6.45) is 0.483. The van der Waals surface area contributed by atoms with E-state index in [9.17, 15) is 29.1 Å². The van der Waals surface area contributed by atoms with Gasteiger partial charge in [0.2, 0.25) is 17.7 Å². The van der Waals surface area contributed by atoms with Gasteiger partial charge in [0.25, 0.3) is 0 Å². The summed E-state index contributed by atoms with van der Waals surface area (Å²) in [5, 5.41) is 15.6. The SMILES string of the molecule is CC(C)(C)OC(=O)NC(CC(N)=O)C(=O)N(C1CCC1)C(C(=O)NC(Cc1ccccc1)C(=O)OC(C)(C)C)c1cccc(O)c1. The highest BCUT2D eigenvalue weighted by atomic mass is 16.6. The van der Waals surface area contributed by atoms with Gasteiger partial charge in [-0.1, -0.05) is 42.5 Å². The van der Waals surface area contributed by atoms with Crippen molar-refractivity contribution in [3.63, 3.8) is 0 Å². The molecule has 1 aliphatic rings. The van der Waals surface area contributed by atoms with Gasteiger partial charge in [0.05, 0.1) is 6.42 Å². The van der Waals surface area contributed by atoms with Crippen molar-refractivity contribution in [3.8, 4) is 5.75 Å². The summed E-state index contributed by atoms with van der Waals surface area (Å²) in [6, 6.07) is 10.6. The van der Waals surface area contributed by atoms with E-state index in [1.165, 1.54) is 23.1 Å². The Labute approximate surface area is 270 Å². The Morgan fingerprint density at radius 2 is 1.52 bits per heavy atom. The molecule has 2 aromatic carbocycles. The summed E-state index contributed by atoms with van der Waals surface area (Å²) in [5.74, 6) is -3.12. The molecule has 3 atom stereocenters. The number of nitrogens with zero attached hydrogens (tertiary/aromatic N) is 1. The topological polar surface area (TPSA) is 177 Å². The molecule has 5 N–H and O–H groups in total. The zero-order chi connectivity index (χ0) is 34.2. The molecule has 0 saturated heterocycles. The number of phenols is 1. The largest absolute Gasteiger partial charge is 0.508 e. The molecule has 4 amide bonds. The zero-order valence-electron chi connectivity index (χ0n) is 27.4. The van der Waals surface area contributed by atoms with Gasteiger partial charge in [-0.25, -0.2) is 9.59 Å². The highest BCUT2D eigenvalue weighted by molar-refractivity contribution is 5.96. The molecule has 12 nitrogen and oxygen atoms in total. The van der Waals surface area contributed by atoms with Gasteiger partial charge in [-0.2, -0.15) is 0 Å². The van der Waals surface area contributed by atoms with Crippen LogP contribution in [0.1, 0.15) is 84.4 Å². The van der Waals surface area contributed by atoms with Crippen molar-refractivity contribution in [2.45, 2.75) is 109 Å². The maximum absolute atomic E-state index is 14.4. The van der Waals surface area contributed by atoms with Gasteiger partial charge < -0.3 is 35.8 Å².